The summed E-state index contributed by atoms with van der Waals surface area (Å²) in [5.74, 6) is -0.00256. The minimum atomic E-state index is -0.710. The zero-order chi connectivity index (χ0) is 21.4. The third kappa shape index (κ3) is 3.77. The van der Waals surface area contributed by atoms with Crippen LogP contribution in [0.15, 0.2) is 34.9 Å². The highest BCUT2D eigenvalue weighted by Crippen LogP contribution is 2.38. The summed E-state index contributed by atoms with van der Waals surface area (Å²) in [6.07, 6.45) is 2.11. The van der Waals surface area contributed by atoms with E-state index in [4.69, 9.17) is 4.52 Å². The first-order valence-corrected chi connectivity index (χ1v) is 10.2. The number of hydrogen-bond donors (Lipinski definition) is 1. The Labute approximate surface area is 174 Å². The van der Waals surface area contributed by atoms with E-state index in [1.165, 1.54) is 0 Å². The van der Waals surface area contributed by atoms with Crippen LogP contribution in [-0.4, -0.2) is 31.6 Å². The molecule has 3 aromatic rings. The molecule has 1 saturated carbocycles. The van der Waals surface area contributed by atoms with E-state index in [9.17, 15) is 9.59 Å². The molecule has 1 aromatic carbocycles. The van der Waals surface area contributed by atoms with Crippen molar-refractivity contribution >= 4 is 11.7 Å². The molecule has 8 heteroatoms. The first kappa shape index (κ1) is 20.0. The Bertz CT molecular complexity index is 1080. The summed E-state index contributed by atoms with van der Waals surface area (Å²) in [6, 6.07) is 8.96. The molecule has 1 aliphatic carbocycles. The lowest BCUT2D eigenvalue weighted by atomic mass is 10.0. The van der Waals surface area contributed by atoms with Crippen LogP contribution in [0.2, 0.25) is 0 Å². The van der Waals surface area contributed by atoms with Gasteiger partial charge in [-0.3, -0.25) is 9.59 Å². The molecule has 0 saturated heterocycles. The number of carbonyl (C=O) groups is 2. The molecular weight excluding hydrogens is 382 g/mol. The smallest absolute Gasteiger partial charge is 0.293 e. The molecule has 156 valence electrons. The number of aromatic nitrogens is 4. The Balaban J connectivity index is 1.56. The molecular formula is C22H25N5O3. The van der Waals surface area contributed by atoms with E-state index in [-0.39, 0.29) is 5.92 Å². The average Bonchev–Trinajstić information content (AvgIpc) is 3.39. The van der Waals surface area contributed by atoms with Crippen LogP contribution < -0.4 is 5.32 Å². The van der Waals surface area contributed by atoms with Gasteiger partial charge in [0, 0.05) is 5.92 Å². The number of ketones is 1. The van der Waals surface area contributed by atoms with Crippen molar-refractivity contribution in [3.63, 3.8) is 0 Å². The summed E-state index contributed by atoms with van der Waals surface area (Å²) in [7, 11) is 0. The number of carbonyl (C=O) groups excluding carboxylic acids is 2. The first-order chi connectivity index (χ1) is 14.4. The number of para-hydroxylation sites is 1. The van der Waals surface area contributed by atoms with Crippen LogP contribution in [0.3, 0.4) is 0 Å². The largest absolute Gasteiger partial charge is 0.337 e. The lowest BCUT2D eigenvalue weighted by Crippen LogP contribution is -2.37. The summed E-state index contributed by atoms with van der Waals surface area (Å²) in [5.41, 5.74) is 2.26. The number of amides is 1. The molecule has 2 aromatic heterocycles. The molecule has 0 bridgehead atoms. The van der Waals surface area contributed by atoms with Gasteiger partial charge in [0.1, 0.15) is 6.04 Å². The molecule has 1 atom stereocenters. The highest BCUT2D eigenvalue weighted by atomic mass is 16.5. The topological polar surface area (TPSA) is 103 Å². The van der Waals surface area contributed by atoms with Gasteiger partial charge in [-0.2, -0.15) is 10.1 Å². The molecule has 30 heavy (non-hydrogen) atoms. The maximum absolute atomic E-state index is 13.0. The highest BCUT2D eigenvalue weighted by Gasteiger charge is 2.33. The van der Waals surface area contributed by atoms with Crippen LogP contribution in [0, 0.1) is 19.8 Å². The summed E-state index contributed by atoms with van der Waals surface area (Å²) < 4.78 is 7.06. The second-order valence-corrected chi connectivity index (χ2v) is 8.08. The summed E-state index contributed by atoms with van der Waals surface area (Å²) in [4.78, 5) is 30.3. The second kappa shape index (κ2) is 7.85. The molecule has 0 spiro atoms. The van der Waals surface area contributed by atoms with Crippen molar-refractivity contribution in [2.45, 2.75) is 52.5 Å². The van der Waals surface area contributed by atoms with E-state index < -0.39 is 17.7 Å². The lowest BCUT2D eigenvalue weighted by Gasteiger charge is -2.18. The average molecular weight is 407 g/mol. The minimum absolute atomic E-state index is 0.0245. The summed E-state index contributed by atoms with van der Waals surface area (Å²) >= 11 is 0. The van der Waals surface area contributed by atoms with Crippen molar-refractivity contribution in [1.29, 1.82) is 0 Å². The number of rotatable bonds is 7. The van der Waals surface area contributed by atoms with E-state index in [0.717, 1.165) is 18.5 Å². The maximum atomic E-state index is 13.0. The van der Waals surface area contributed by atoms with Gasteiger partial charge in [0.05, 0.1) is 22.6 Å². The number of nitrogens with one attached hydrogen (secondary N) is 1. The van der Waals surface area contributed by atoms with Gasteiger partial charge in [-0.25, -0.2) is 4.68 Å². The van der Waals surface area contributed by atoms with Crippen LogP contribution in [0.1, 0.15) is 72.1 Å². The van der Waals surface area contributed by atoms with Crippen molar-refractivity contribution in [3.05, 3.63) is 59.0 Å². The minimum Gasteiger partial charge on any atom is -0.337 e. The highest BCUT2D eigenvalue weighted by molar-refractivity contribution is 6.43. The van der Waals surface area contributed by atoms with Crippen molar-refractivity contribution < 1.29 is 14.1 Å². The van der Waals surface area contributed by atoms with E-state index in [1.807, 2.05) is 44.2 Å². The molecule has 0 radical (unpaired) electrons. The monoisotopic (exact) mass is 407 g/mol. The van der Waals surface area contributed by atoms with E-state index in [0.29, 0.717) is 34.6 Å². The fourth-order valence-electron chi connectivity index (χ4n) is 3.51. The van der Waals surface area contributed by atoms with Gasteiger partial charge >= 0.3 is 0 Å². The zero-order valence-electron chi connectivity index (χ0n) is 17.5. The summed E-state index contributed by atoms with van der Waals surface area (Å²) in [6.45, 7) is 7.38. The SMILES string of the molecule is Cc1nn(-c2ccccc2)c(C)c1C(=O)C(=O)NC(c1nc(C2CC2)no1)C(C)C. The number of hydrogen-bond acceptors (Lipinski definition) is 6. The third-order valence-electron chi connectivity index (χ3n) is 5.34. The quantitative estimate of drug-likeness (QED) is 0.475. The number of benzene rings is 1. The zero-order valence-corrected chi connectivity index (χ0v) is 17.5. The molecule has 2 heterocycles. The van der Waals surface area contributed by atoms with Crippen LogP contribution in [0.5, 0.6) is 0 Å². The standard InChI is InChI=1S/C22H25N5O3/c1-12(2)18(22-24-20(26-30-22)15-10-11-15)23-21(29)19(28)17-13(3)25-27(14(17)4)16-8-6-5-7-9-16/h5-9,12,15,18H,10-11H2,1-4H3,(H,23,29). The van der Waals surface area contributed by atoms with Gasteiger partial charge in [0.15, 0.2) is 5.82 Å². The van der Waals surface area contributed by atoms with Crippen molar-refractivity contribution in [2.75, 3.05) is 0 Å². The number of aryl methyl sites for hydroxylation is 1. The van der Waals surface area contributed by atoms with Gasteiger partial charge < -0.3 is 9.84 Å². The lowest BCUT2D eigenvalue weighted by molar-refractivity contribution is -0.118. The van der Waals surface area contributed by atoms with Gasteiger partial charge in [0.2, 0.25) is 5.89 Å². The molecule has 1 fully saturated rings. The second-order valence-electron chi connectivity index (χ2n) is 8.08. The van der Waals surface area contributed by atoms with Crippen molar-refractivity contribution in [1.82, 2.24) is 25.2 Å². The van der Waals surface area contributed by atoms with E-state index >= 15 is 0 Å². The number of nitrogens with zero attached hydrogens (tertiary/aromatic N) is 4. The van der Waals surface area contributed by atoms with E-state index in [2.05, 4.69) is 20.6 Å². The Hall–Kier alpha value is -3.29. The fraction of sp³-hybridized carbons (Fsp3) is 0.409. The first-order valence-electron chi connectivity index (χ1n) is 10.2. The molecule has 1 aliphatic rings. The molecule has 4 rings (SSSR count). The fourth-order valence-corrected chi connectivity index (χ4v) is 3.51. The summed E-state index contributed by atoms with van der Waals surface area (Å²) in [5, 5.41) is 11.3. The normalized spacial score (nSPS) is 14.7. The van der Waals surface area contributed by atoms with Crippen LogP contribution in [0.4, 0.5) is 0 Å². The Morgan fingerprint density at radius 2 is 1.87 bits per heavy atom. The van der Waals surface area contributed by atoms with Crippen molar-refractivity contribution in [3.8, 4) is 5.69 Å². The molecule has 1 unspecified atom stereocenters. The Kier molecular flexibility index (Phi) is 5.24. The maximum Gasteiger partial charge on any atom is 0.293 e. The molecule has 0 aliphatic heterocycles. The predicted octanol–water partition coefficient (Wildman–Crippen LogP) is 3.45. The molecule has 1 N–H and O–H groups in total. The predicted molar refractivity (Wildman–Crippen MR) is 109 cm³/mol. The molecule has 8 nitrogen and oxygen atoms in total. The van der Waals surface area contributed by atoms with Gasteiger partial charge in [-0.15, -0.1) is 0 Å². The van der Waals surface area contributed by atoms with Gasteiger partial charge in [-0.1, -0.05) is 37.2 Å². The third-order valence-corrected chi connectivity index (χ3v) is 5.34. The van der Waals surface area contributed by atoms with E-state index in [1.54, 1.807) is 18.5 Å². The number of Topliss-reactive ketones (excluding diaryl/α,β-unsaturated/α-hetero) is 1. The van der Waals surface area contributed by atoms with Gasteiger partial charge in [-0.05, 0) is 44.7 Å². The van der Waals surface area contributed by atoms with Crippen LogP contribution in [0.25, 0.3) is 5.69 Å². The Morgan fingerprint density at radius 3 is 2.50 bits per heavy atom. The van der Waals surface area contributed by atoms with Crippen LogP contribution >= 0.6 is 0 Å². The Morgan fingerprint density at radius 1 is 1.17 bits per heavy atom. The molecule has 1 amide bonds. The van der Waals surface area contributed by atoms with Crippen molar-refractivity contribution in [2.24, 2.45) is 5.92 Å². The van der Waals surface area contributed by atoms with Gasteiger partial charge in [0.25, 0.3) is 11.7 Å². The van der Waals surface area contributed by atoms with Crippen LogP contribution in [-0.2, 0) is 4.79 Å².